The van der Waals surface area contributed by atoms with Gasteiger partial charge in [0.1, 0.15) is 0 Å². The van der Waals surface area contributed by atoms with E-state index in [9.17, 15) is 0 Å². The zero-order chi connectivity index (χ0) is 10.2. The summed E-state index contributed by atoms with van der Waals surface area (Å²) in [6, 6.07) is 0. The SMILES string of the molecule is O/N=C1CCCCCCCC\C=C/1Cl. The van der Waals surface area contributed by atoms with E-state index in [-0.39, 0.29) is 0 Å². The van der Waals surface area contributed by atoms with Crippen LogP contribution in [-0.2, 0) is 0 Å². The first kappa shape index (κ1) is 11.6. The molecular weight excluding hydrogens is 198 g/mol. The zero-order valence-corrected chi connectivity index (χ0v) is 9.26. The molecule has 14 heavy (non-hydrogen) atoms. The van der Waals surface area contributed by atoms with E-state index in [4.69, 9.17) is 16.8 Å². The minimum absolute atomic E-state index is 0.634. The van der Waals surface area contributed by atoms with Gasteiger partial charge in [0.05, 0.1) is 10.7 Å². The van der Waals surface area contributed by atoms with Crippen LogP contribution in [0, 0.1) is 0 Å². The molecule has 0 aliphatic heterocycles. The number of hydrogen-bond donors (Lipinski definition) is 1. The summed E-state index contributed by atoms with van der Waals surface area (Å²) in [4.78, 5) is 0. The van der Waals surface area contributed by atoms with Crippen LogP contribution in [-0.4, -0.2) is 10.9 Å². The lowest BCUT2D eigenvalue weighted by atomic mass is 10.1. The van der Waals surface area contributed by atoms with Crippen molar-refractivity contribution in [3.8, 4) is 0 Å². The van der Waals surface area contributed by atoms with Gasteiger partial charge in [0.25, 0.3) is 0 Å². The molecule has 0 saturated heterocycles. The maximum Gasteiger partial charge on any atom is 0.0978 e. The summed E-state index contributed by atoms with van der Waals surface area (Å²) in [6.45, 7) is 0. The summed E-state index contributed by atoms with van der Waals surface area (Å²) in [6.07, 6.45) is 11.1. The van der Waals surface area contributed by atoms with Gasteiger partial charge >= 0.3 is 0 Å². The standard InChI is InChI=1S/C11H18ClNO/c12-10-8-6-4-2-1-3-5-7-9-11(10)13-14/h8,14H,1-7,9H2/b10-8+,13-11-. The van der Waals surface area contributed by atoms with Crippen molar-refractivity contribution in [2.24, 2.45) is 5.16 Å². The van der Waals surface area contributed by atoms with Gasteiger partial charge in [-0.05, 0) is 25.7 Å². The van der Waals surface area contributed by atoms with Gasteiger partial charge in [0.15, 0.2) is 0 Å². The molecule has 0 fully saturated rings. The summed E-state index contributed by atoms with van der Waals surface area (Å²) >= 11 is 6.01. The predicted molar refractivity (Wildman–Crippen MR) is 60.1 cm³/mol. The van der Waals surface area contributed by atoms with Gasteiger partial charge in [-0.2, -0.15) is 0 Å². The van der Waals surface area contributed by atoms with Crippen LogP contribution in [0.3, 0.4) is 0 Å². The zero-order valence-electron chi connectivity index (χ0n) is 8.51. The Balaban J connectivity index is 2.55. The second-order valence-corrected chi connectivity index (χ2v) is 4.17. The topological polar surface area (TPSA) is 32.6 Å². The molecule has 0 aromatic heterocycles. The molecule has 0 bridgehead atoms. The average Bonchev–Trinajstić information content (AvgIpc) is 2.24. The molecular formula is C11H18ClNO. The molecule has 1 rings (SSSR count). The minimum atomic E-state index is 0.634. The van der Waals surface area contributed by atoms with Crippen LogP contribution in [0.25, 0.3) is 0 Å². The largest absolute Gasteiger partial charge is 0.411 e. The average molecular weight is 216 g/mol. The highest BCUT2D eigenvalue weighted by molar-refractivity contribution is 6.43. The number of hydrogen-bond acceptors (Lipinski definition) is 2. The van der Waals surface area contributed by atoms with Gasteiger partial charge in [-0.15, -0.1) is 0 Å². The first-order valence-electron chi connectivity index (χ1n) is 5.41. The molecule has 0 aromatic carbocycles. The summed E-state index contributed by atoms with van der Waals surface area (Å²) in [5.74, 6) is 0. The summed E-state index contributed by atoms with van der Waals surface area (Å²) in [7, 11) is 0. The van der Waals surface area contributed by atoms with E-state index in [0.717, 1.165) is 19.3 Å². The summed E-state index contributed by atoms with van der Waals surface area (Å²) < 4.78 is 0. The summed E-state index contributed by atoms with van der Waals surface area (Å²) in [5, 5.41) is 12.7. The fraction of sp³-hybridized carbons (Fsp3) is 0.727. The third-order valence-electron chi connectivity index (χ3n) is 2.59. The van der Waals surface area contributed by atoms with Crippen molar-refractivity contribution in [3.63, 3.8) is 0 Å². The lowest BCUT2D eigenvalue weighted by Gasteiger charge is -2.01. The Kier molecular flexibility index (Phi) is 5.69. The van der Waals surface area contributed by atoms with Crippen molar-refractivity contribution in [2.45, 2.75) is 51.4 Å². The molecule has 1 aliphatic rings. The maximum atomic E-state index is 8.77. The number of rotatable bonds is 0. The molecule has 0 heterocycles. The van der Waals surface area contributed by atoms with Gasteiger partial charge in [-0.25, -0.2) is 0 Å². The molecule has 0 amide bonds. The highest BCUT2D eigenvalue weighted by Gasteiger charge is 2.06. The molecule has 0 spiro atoms. The maximum absolute atomic E-state index is 8.77. The lowest BCUT2D eigenvalue weighted by Crippen LogP contribution is -1.98. The molecule has 1 N–H and O–H groups in total. The van der Waals surface area contributed by atoms with Gasteiger partial charge in [0.2, 0.25) is 0 Å². The van der Waals surface area contributed by atoms with Crippen LogP contribution < -0.4 is 0 Å². The Labute approximate surface area is 90.6 Å². The van der Waals surface area contributed by atoms with Crippen LogP contribution >= 0.6 is 11.6 Å². The Bertz CT molecular complexity index is 223. The fourth-order valence-corrected chi connectivity index (χ4v) is 1.95. The second kappa shape index (κ2) is 6.88. The van der Waals surface area contributed by atoms with Crippen LogP contribution in [0.4, 0.5) is 0 Å². The van der Waals surface area contributed by atoms with Crippen molar-refractivity contribution in [1.29, 1.82) is 0 Å². The molecule has 0 aromatic rings. The Morgan fingerprint density at radius 3 is 2.43 bits per heavy atom. The van der Waals surface area contributed by atoms with Gasteiger partial charge in [-0.1, -0.05) is 48.5 Å². The highest BCUT2D eigenvalue weighted by Crippen LogP contribution is 2.17. The van der Waals surface area contributed by atoms with Crippen molar-refractivity contribution in [1.82, 2.24) is 0 Å². The molecule has 0 saturated carbocycles. The van der Waals surface area contributed by atoms with E-state index in [1.807, 2.05) is 6.08 Å². The van der Waals surface area contributed by atoms with E-state index < -0.39 is 0 Å². The molecule has 0 radical (unpaired) electrons. The van der Waals surface area contributed by atoms with E-state index >= 15 is 0 Å². The van der Waals surface area contributed by atoms with E-state index in [1.165, 1.54) is 32.1 Å². The van der Waals surface area contributed by atoms with E-state index in [0.29, 0.717) is 10.7 Å². The van der Waals surface area contributed by atoms with Gasteiger partial charge in [-0.3, -0.25) is 0 Å². The molecule has 1 aliphatic carbocycles. The molecule has 2 nitrogen and oxygen atoms in total. The molecule has 80 valence electrons. The predicted octanol–water partition coefficient (Wildman–Crippen LogP) is 4.07. The smallest absolute Gasteiger partial charge is 0.0978 e. The first-order chi connectivity index (χ1) is 6.84. The van der Waals surface area contributed by atoms with E-state index in [2.05, 4.69) is 5.16 Å². The van der Waals surface area contributed by atoms with Crippen LogP contribution in [0.1, 0.15) is 51.4 Å². The molecule has 3 heteroatoms. The highest BCUT2D eigenvalue weighted by atomic mass is 35.5. The van der Waals surface area contributed by atoms with Crippen molar-refractivity contribution in [2.75, 3.05) is 0 Å². The van der Waals surface area contributed by atoms with Crippen molar-refractivity contribution >= 4 is 17.3 Å². The Morgan fingerprint density at radius 2 is 1.71 bits per heavy atom. The fourth-order valence-electron chi connectivity index (χ4n) is 1.71. The second-order valence-electron chi connectivity index (χ2n) is 3.76. The summed E-state index contributed by atoms with van der Waals surface area (Å²) in [5.41, 5.74) is 0.647. The molecule has 0 unspecified atom stereocenters. The van der Waals surface area contributed by atoms with Crippen LogP contribution in [0.2, 0.25) is 0 Å². The number of allylic oxidation sites excluding steroid dienone is 2. The van der Waals surface area contributed by atoms with Gasteiger partial charge < -0.3 is 5.21 Å². The first-order valence-corrected chi connectivity index (χ1v) is 5.79. The lowest BCUT2D eigenvalue weighted by molar-refractivity contribution is 0.318. The van der Waals surface area contributed by atoms with Crippen LogP contribution in [0.15, 0.2) is 16.3 Å². The Morgan fingerprint density at radius 1 is 1.07 bits per heavy atom. The third kappa shape index (κ3) is 4.14. The molecule has 0 atom stereocenters. The monoisotopic (exact) mass is 215 g/mol. The number of oxime groups is 1. The third-order valence-corrected chi connectivity index (χ3v) is 2.96. The number of nitrogens with zero attached hydrogens (tertiary/aromatic N) is 1. The Hall–Kier alpha value is -0.500. The quantitative estimate of drug-likeness (QED) is 0.480. The minimum Gasteiger partial charge on any atom is -0.411 e. The van der Waals surface area contributed by atoms with Gasteiger partial charge in [0, 0.05) is 0 Å². The van der Waals surface area contributed by atoms with Crippen molar-refractivity contribution in [3.05, 3.63) is 11.1 Å². The van der Waals surface area contributed by atoms with E-state index in [1.54, 1.807) is 0 Å². The number of halogens is 1. The normalized spacial score (nSPS) is 27.8. The van der Waals surface area contributed by atoms with Crippen molar-refractivity contribution < 1.29 is 5.21 Å². The van der Waals surface area contributed by atoms with Crippen LogP contribution in [0.5, 0.6) is 0 Å².